The number of hydrogen-bond donors (Lipinski definition) is 1. The molecule has 206 valence electrons. The highest BCUT2D eigenvalue weighted by atomic mass is 32.3. The molecule has 0 aromatic heterocycles. The van der Waals surface area contributed by atoms with Crippen LogP contribution in [0.5, 0.6) is 0 Å². The van der Waals surface area contributed by atoms with Crippen LogP contribution in [-0.4, -0.2) is 88.1 Å². The summed E-state index contributed by atoms with van der Waals surface area (Å²) in [5.74, 6) is 3.04. The standard InChI is InChI=1S/C23H36O5S8/c1-29-18-19(30-15-5-3-2-4-6-24)34-22(33-18)23-35-20-21(36-23)32-17-14-28-12-10-26-8-7-25-9-11-27-13-16-31-20/h24H,2-17H2,1H3. The molecule has 0 amide bonds. The number of unbranched alkanes of at least 4 members (excludes halogenated alkanes) is 3. The van der Waals surface area contributed by atoms with Gasteiger partial charge in [0.05, 0.1) is 78.3 Å². The molecule has 0 fully saturated rings. The van der Waals surface area contributed by atoms with Gasteiger partial charge in [-0.25, -0.2) is 0 Å². The average molecular weight is 649 g/mol. The maximum Gasteiger partial charge on any atom is 0.0717 e. The van der Waals surface area contributed by atoms with Crippen LogP contribution >= 0.6 is 94.1 Å². The fourth-order valence-corrected chi connectivity index (χ4v) is 14.5. The number of aliphatic hydroxyl groups excluding tert-OH is 1. The minimum Gasteiger partial charge on any atom is -0.396 e. The molecule has 0 atom stereocenters. The second-order valence-electron chi connectivity index (χ2n) is 7.47. The predicted octanol–water partition coefficient (Wildman–Crippen LogP) is 7.52. The van der Waals surface area contributed by atoms with E-state index in [-0.39, 0.29) is 0 Å². The molecule has 0 bridgehead atoms. The van der Waals surface area contributed by atoms with Crippen molar-refractivity contribution in [3.05, 3.63) is 25.4 Å². The van der Waals surface area contributed by atoms with E-state index in [1.807, 2.05) is 94.1 Å². The van der Waals surface area contributed by atoms with Gasteiger partial charge in [-0.1, -0.05) is 59.9 Å². The second-order valence-corrected chi connectivity index (χ2v) is 17.2. The zero-order valence-electron chi connectivity index (χ0n) is 20.7. The van der Waals surface area contributed by atoms with Gasteiger partial charge in [0, 0.05) is 18.1 Å². The molecule has 0 radical (unpaired) electrons. The Labute approximate surface area is 250 Å². The first-order chi connectivity index (χ1) is 17.8. The molecule has 0 aromatic carbocycles. The van der Waals surface area contributed by atoms with Crippen LogP contribution in [0.2, 0.25) is 0 Å². The third-order valence-corrected chi connectivity index (χ3v) is 16.2. The van der Waals surface area contributed by atoms with E-state index in [2.05, 4.69) is 6.26 Å². The Bertz CT molecular complexity index is 714. The molecule has 0 aliphatic carbocycles. The van der Waals surface area contributed by atoms with Crippen molar-refractivity contribution >= 4 is 94.1 Å². The third kappa shape index (κ3) is 12.6. The summed E-state index contributed by atoms with van der Waals surface area (Å²) in [7, 11) is 0. The lowest BCUT2D eigenvalue weighted by Crippen LogP contribution is -2.13. The number of rotatable bonds is 8. The smallest absolute Gasteiger partial charge is 0.0717 e. The van der Waals surface area contributed by atoms with Gasteiger partial charge in [0.25, 0.3) is 0 Å². The van der Waals surface area contributed by atoms with Gasteiger partial charge < -0.3 is 24.1 Å². The number of ether oxygens (including phenoxy) is 4. The van der Waals surface area contributed by atoms with Crippen molar-refractivity contribution in [2.24, 2.45) is 0 Å². The van der Waals surface area contributed by atoms with E-state index >= 15 is 0 Å². The molecule has 1 N–H and O–H groups in total. The Morgan fingerprint density at radius 1 is 0.611 bits per heavy atom. The van der Waals surface area contributed by atoms with Gasteiger partial charge in [-0.3, -0.25) is 0 Å². The highest BCUT2D eigenvalue weighted by molar-refractivity contribution is 8.45. The van der Waals surface area contributed by atoms with Crippen molar-refractivity contribution in [3.8, 4) is 0 Å². The fraction of sp³-hybridized carbons (Fsp3) is 0.739. The molecule has 13 heteroatoms. The summed E-state index contributed by atoms with van der Waals surface area (Å²) in [5, 5.41) is 8.96. The van der Waals surface area contributed by atoms with E-state index in [0.29, 0.717) is 46.2 Å². The number of aliphatic hydroxyl groups is 1. The fourth-order valence-electron chi connectivity index (χ4n) is 2.98. The SMILES string of the molecule is CSC1=C(SCCCCCCO)SC(=C2SC3=C(SCCOCCOCCOCCOCCS3)S2)S1. The van der Waals surface area contributed by atoms with Crippen LogP contribution in [0.1, 0.15) is 25.7 Å². The van der Waals surface area contributed by atoms with E-state index in [4.69, 9.17) is 24.1 Å². The molecule has 3 heterocycles. The zero-order chi connectivity index (χ0) is 25.3. The van der Waals surface area contributed by atoms with Gasteiger partial charge in [-0.05, 0) is 24.9 Å². The molecule has 0 saturated carbocycles. The monoisotopic (exact) mass is 648 g/mol. The minimum atomic E-state index is 0.312. The molecular weight excluding hydrogens is 613 g/mol. The van der Waals surface area contributed by atoms with E-state index in [0.717, 1.165) is 43.3 Å². The summed E-state index contributed by atoms with van der Waals surface area (Å²) in [6, 6.07) is 0. The van der Waals surface area contributed by atoms with Crippen LogP contribution in [0, 0.1) is 0 Å². The van der Waals surface area contributed by atoms with Gasteiger partial charge >= 0.3 is 0 Å². The summed E-state index contributed by atoms with van der Waals surface area (Å²) < 4.78 is 31.1. The number of hydrogen-bond acceptors (Lipinski definition) is 13. The summed E-state index contributed by atoms with van der Waals surface area (Å²) in [6.07, 6.45) is 6.65. The zero-order valence-corrected chi connectivity index (χ0v) is 27.2. The van der Waals surface area contributed by atoms with E-state index in [1.54, 1.807) is 0 Å². The first-order valence-corrected chi connectivity index (χ1v) is 19.5. The van der Waals surface area contributed by atoms with Crippen molar-refractivity contribution < 1.29 is 24.1 Å². The maximum absolute atomic E-state index is 8.96. The molecule has 3 rings (SSSR count). The van der Waals surface area contributed by atoms with Crippen LogP contribution in [0.25, 0.3) is 0 Å². The quantitative estimate of drug-likeness (QED) is 0.264. The van der Waals surface area contributed by atoms with Gasteiger partial charge in [0.15, 0.2) is 0 Å². The summed E-state index contributed by atoms with van der Waals surface area (Å²) >= 11 is 15.4. The Hall–Kier alpha value is 1.82. The predicted molar refractivity (Wildman–Crippen MR) is 171 cm³/mol. The summed E-state index contributed by atoms with van der Waals surface area (Å²) in [5.41, 5.74) is 0. The highest BCUT2D eigenvalue weighted by Gasteiger charge is 2.30. The largest absolute Gasteiger partial charge is 0.396 e. The molecule has 36 heavy (non-hydrogen) atoms. The molecule has 3 aliphatic heterocycles. The van der Waals surface area contributed by atoms with E-state index in [1.165, 1.54) is 38.3 Å². The lowest BCUT2D eigenvalue weighted by molar-refractivity contribution is 0.00147. The molecule has 0 spiro atoms. The molecule has 3 aliphatic rings. The Kier molecular flexibility index (Phi) is 18.6. The lowest BCUT2D eigenvalue weighted by atomic mass is 10.2. The van der Waals surface area contributed by atoms with Crippen LogP contribution in [-0.2, 0) is 18.9 Å². The average Bonchev–Trinajstić information content (AvgIpc) is 3.49. The first-order valence-electron chi connectivity index (χ1n) is 12.1. The molecular formula is C23H36O5S8. The van der Waals surface area contributed by atoms with Crippen molar-refractivity contribution in [1.82, 2.24) is 0 Å². The van der Waals surface area contributed by atoms with Gasteiger partial charge in [0.1, 0.15) is 0 Å². The topological polar surface area (TPSA) is 57.2 Å². The van der Waals surface area contributed by atoms with Gasteiger partial charge in [-0.2, -0.15) is 0 Å². The van der Waals surface area contributed by atoms with Crippen LogP contribution in [0.3, 0.4) is 0 Å². The van der Waals surface area contributed by atoms with Gasteiger partial charge in [-0.15, -0.1) is 47.0 Å². The third-order valence-electron chi connectivity index (χ3n) is 4.75. The van der Waals surface area contributed by atoms with Crippen molar-refractivity contribution in [2.45, 2.75) is 25.7 Å². The summed E-state index contributed by atoms with van der Waals surface area (Å²) in [4.78, 5) is 0. The first kappa shape index (κ1) is 32.3. The Morgan fingerprint density at radius 2 is 1.11 bits per heavy atom. The van der Waals surface area contributed by atoms with Crippen molar-refractivity contribution in [2.75, 3.05) is 83.0 Å². The molecule has 0 unspecified atom stereocenters. The molecule has 5 nitrogen and oxygen atoms in total. The van der Waals surface area contributed by atoms with Crippen LogP contribution in [0.4, 0.5) is 0 Å². The lowest BCUT2D eigenvalue weighted by Gasteiger charge is -2.09. The summed E-state index contributed by atoms with van der Waals surface area (Å²) in [6.45, 7) is 5.44. The Morgan fingerprint density at radius 3 is 1.67 bits per heavy atom. The Balaban J connectivity index is 1.52. The maximum atomic E-state index is 8.96. The normalized spacial score (nSPS) is 22.2. The van der Waals surface area contributed by atoms with Crippen molar-refractivity contribution in [1.29, 1.82) is 0 Å². The van der Waals surface area contributed by atoms with Crippen molar-refractivity contribution in [3.63, 3.8) is 0 Å². The minimum absolute atomic E-state index is 0.312. The molecule has 0 aromatic rings. The van der Waals surface area contributed by atoms with Gasteiger partial charge in [0.2, 0.25) is 0 Å². The highest BCUT2D eigenvalue weighted by Crippen LogP contribution is 2.65. The van der Waals surface area contributed by atoms with Crippen LogP contribution in [0.15, 0.2) is 25.4 Å². The van der Waals surface area contributed by atoms with E-state index < -0.39 is 0 Å². The van der Waals surface area contributed by atoms with E-state index in [9.17, 15) is 0 Å². The van der Waals surface area contributed by atoms with Crippen LogP contribution < -0.4 is 0 Å². The second kappa shape index (κ2) is 20.7. The number of thioether (sulfide) groups is 8. The molecule has 0 saturated heterocycles.